The predicted octanol–water partition coefficient (Wildman–Crippen LogP) is 1.39. The van der Waals surface area contributed by atoms with Crippen molar-refractivity contribution in [3.63, 3.8) is 0 Å². The van der Waals surface area contributed by atoms with Crippen molar-refractivity contribution in [1.82, 2.24) is 4.74 Å². The molecule has 0 spiro atoms. The number of ketones is 1. The van der Waals surface area contributed by atoms with Crippen LogP contribution >= 0.6 is 0 Å². The molecule has 1 N–H and O–H groups in total. The number of aryl methyl sites for hydroxylation is 1. The number of ether oxygens (including phenoxy) is 1. The summed E-state index contributed by atoms with van der Waals surface area (Å²) in [5.41, 5.74) is 2.25. The summed E-state index contributed by atoms with van der Waals surface area (Å²) in [4.78, 5) is 24.6. The standard InChI is InChI=1S/C16H14N2O4/c1-18-15-14(16(20)22-18)12(9-5-3-2-4-6-9)13-10(17-15)7-21-8-11(13)19/h2-6,12,17H,7-8H2,1H3. The molecule has 6 nitrogen and oxygen atoms in total. The maximum atomic E-state index is 12.4. The summed E-state index contributed by atoms with van der Waals surface area (Å²) in [6.45, 7) is 0.362. The Labute approximate surface area is 126 Å². The van der Waals surface area contributed by atoms with Gasteiger partial charge in [-0.1, -0.05) is 30.3 Å². The van der Waals surface area contributed by atoms with E-state index in [0.29, 0.717) is 29.3 Å². The molecule has 0 radical (unpaired) electrons. The third kappa shape index (κ3) is 1.77. The Balaban J connectivity index is 2.01. The maximum absolute atomic E-state index is 12.4. The van der Waals surface area contributed by atoms with E-state index in [4.69, 9.17) is 9.26 Å². The van der Waals surface area contributed by atoms with Gasteiger partial charge in [0.15, 0.2) is 11.6 Å². The Kier molecular flexibility index (Phi) is 2.80. The lowest BCUT2D eigenvalue weighted by Crippen LogP contribution is -2.34. The van der Waals surface area contributed by atoms with E-state index in [1.54, 1.807) is 7.05 Å². The van der Waals surface area contributed by atoms with E-state index in [-0.39, 0.29) is 12.4 Å². The highest BCUT2D eigenvalue weighted by Gasteiger charge is 2.39. The van der Waals surface area contributed by atoms with Gasteiger partial charge in [0.1, 0.15) is 6.61 Å². The average Bonchev–Trinajstić information content (AvgIpc) is 2.81. The molecule has 2 aliphatic heterocycles. The van der Waals surface area contributed by atoms with Crippen LogP contribution in [0.1, 0.15) is 17.0 Å². The summed E-state index contributed by atoms with van der Waals surface area (Å²) in [5, 5.41) is 3.12. The zero-order valence-corrected chi connectivity index (χ0v) is 12.0. The number of carbonyl (C=O) groups is 1. The molecule has 0 saturated carbocycles. The molecular weight excluding hydrogens is 284 g/mol. The molecule has 1 aromatic heterocycles. The van der Waals surface area contributed by atoms with Gasteiger partial charge in [-0.2, -0.15) is 4.74 Å². The molecule has 4 rings (SSSR count). The molecule has 0 bridgehead atoms. The number of rotatable bonds is 1. The third-order valence-corrected chi connectivity index (χ3v) is 4.09. The van der Waals surface area contributed by atoms with Crippen molar-refractivity contribution in [2.45, 2.75) is 5.92 Å². The van der Waals surface area contributed by atoms with Crippen molar-refractivity contribution in [1.29, 1.82) is 0 Å². The number of benzene rings is 1. The molecule has 22 heavy (non-hydrogen) atoms. The quantitative estimate of drug-likeness (QED) is 0.861. The largest absolute Gasteiger partial charge is 0.367 e. The van der Waals surface area contributed by atoms with Gasteiger partial charge in [-0.05, 0) is 5.56 Å². The number of aromatic nitrogens is 1. The lowest BCUT2D eigenvalue weighted by Gasteiger charge is -2.31. The number of nitrogens with zero attached hydrogens (tertiary/aromatic N) is 1. The molecule has 0 fully saturated rings. The van der Waals surface area contributed by atoms with E-state index in [0.717, 1.165) is 5.56 Å². The van der Waals surface area contributed by atoms with E-state index in [1.807, 2.05) is 30.3 Å². The fourth-order valence-corrected chi connectivity index (χ4v) is 3.16. The molecule has 1 unspecified atom stereocenters. The van der Waals surface area contributed by atoms with Crippen molar-refractivity contribution in [2.75, 3.05) is 18.5 Å². The van der Waals surface area contributed by atoms with E-state index >= 15 is 0 Å². The lowest BCUT2D eigenvalue weighted by molar-refractivity contribution is -0.121. The van der Waals surface area contributed by atoms with Gasteiger partial charge in [0.05, 0.1) is 23.8 Å². The summed E-state index contributed by atoms with van der Waals surface area (Å²) < 4.78 is 11.9. The Bertz CT molecular complexity index is 845. The Morgan fingerprint density at radius 3 is 2.73 bits per heavy atom. The van der Waals surface area contributed by atoms with E-state index in [9.17, 15) is 9.59 Å². The number of hydrogen-bond acceptors (Lipinski definition) is 5. The third-order valence-electron chi connectivity index (χ3n) is 4.09. The van der Waals surface area contributed by atoms with Crippen LogP contribution in [0.5, 0.6) is 0 Å². The Morgan fingerprint density at radius 1 is 1.18 bits per heavy atom. The lowest BCUT2D eigenvalue weighted by atomic mass is 9.80. The molecule has 0 aliphatic carbocycles. The van der Waals surface area contributed by atoms with E-state index in [2.05, 4.69) is 5.32 Å². The van der Waals surface area contributed by atoms with Crippen LogP contribution in [0.3, 0.4) is 0 Å². The zero-order chi connectivity index (χ0) is 15.3. The first kappa shape index (κ1) is 13.1. The van der Waals surface area contributed by atoms with Gasteiger partial charge in [0.25, 0.3) is 0 Å². The maximum Gasteiger partial charge on any atom is 0.363 e. The SMILES string of the molecule is Cn1oc(=O)c2c1NC1=C(C(=O)COC1)C2c1ccccc1. The highest BCUT2D eigenvalue weighted by molar-refractivity contribution is 6.01. The Morgan fingerprint density at radius 2 is 1.95 bits per heavy atom. The normalized spacial score (nSPS) is 20.4. The zero-order valence-electron chi connectivity index (χ0n) is 12.0. The van der Waals surface area contributed by atoms with Crippen LogP contribution in [-0.2, 0) is 16.6 Å². The minimum absolute atomic E-state index is 0.0390. The van der Waals surface area contributed by atoms with Crippen LogP contribution < -0.4 is 10.9 Å². The number of anilines is 1. The van der Waals surface area contributed by atoms with Crippen molar-refractivity contribution < 1.29 is 14.1 Å². The van der Waals surface area contributed by atoms with Gasteiger partial charge in [0, 0.05) is 12.6 Å². The highest BCUT2D eigenvalue weighted by Crippen LogP contribution is 2.41. The van der Waals surface area contributed by atoms with Crippen LogP contribution in [-0.4, -0.2) is 23.7 Å². The summed E-state index contributed by atoms with van der Waals surface area (Å²) in [7, 11) is 1.66. The van der Waals surface area contributed by atoms with Gasteiger partial charge >= 0.3 is 5.63 Å². The number of hydrogen-bond donors (Lipinski definition) is 1. The fraction of sp³-hybridized carbons (Fsp3) is 0.250. The average molecular weight is 298 g/mol. The number of Topliss-reactive ketones (excluding diaryl/α,β-unsaturated/α-hetero) is 1. The van der Waals surface area contributed by atoms with Gasteiger partial charge in [-0.15, -0.1) is 0 Å². The molecule has 112 valence electrons. The number of carbonyl (C=O) groups excluding carboxylic acids is 1. The molecule has 0 amide bonds. The number of nitrogens with one attached hydrogen (secondary N) is 1. The summed E-state index contributed by atoms with van der Waals surface area (Å²) in [5.74, 6) is 0.0636. The second-order valence-corrected chi connectivity index (χ2v) is 5.42. The van der Waals surface area contributed by atoms with Crippen LogP contribution in [0.4, 0.5) is 5.82 Å². The highest BCUT2D eigenvalue weighted by atomic mass is 16.5. The van der Waals surface area contributed by atoms with Crippen molar-refractivity contribution >= 4 is 11.6 Å². The predicted molar refractivity (Wildman–Crippen MR) is 78.7 cm³/mol. The monoisotopic (exact) mass is 298 g/mol. The molecule has 2 aliphatic rings. The molecule has 3 heterocycles. The van der Waals surface area contributed by atoms with Crippen LogP contribution in [0.2, 0.25) is 0 Å². The van der Waals surface area contributed by atoms with Crippen molar-refractivity contribution in [3.8, 4) is 0 Å². The second kappa shape index (κ2) is 4.71. The van der Waals surface area contributed by atoms with Crippen molar-refractivity contribution in [2.24, 2.45) is 7.05 Å². The smallest absolute Gasteiger partial charge is 0.363 e. The van der Waals surface area contributed by atoms with Crippen molar-refractivity contribution in [3.05, 3.63) is 63.1 Å². The van der Waals surface area contributed by atoms with Crippen LogP contribution in [0, 0.1) is 0 Å². The topological polar surface area (TPSA) is 73.5 Å². The van der Waals surface area contributed by atoms with Gasteiger partial charge in [0.2, 0.25) is 0 Å². The molecule has 1 atom stereocenters. The van der Waals surface area contributed by atoms with Gasteiger partial charge in [-0.3, -0.25) is 4.79 Å². The fourth-order valence-electron chi connectivity index (χ4n) is 3.16. The number of fused-ring (bicyclic) bond motifs is 1. The van der Waals surface area contributed by atoms with Gasteiger partial charge in [-0.25, -0.2) is 4.79 Å². The second-order valence-electron chi connectivity index (χ2n) is 5.42. The minimum atomic E-state index is -0.426. The molecule has 0 saturated heterocycles. The van der Waals surface area contributed by atoms with E-state index < -0.39 is 11.5 Å². The molecule has 1 aromatic carbocycles. The first-order valence-electron chi connectivity index (χ1n) is 7.03. The van der Waals surface area contributed by atoms with Gasteiger partial charge < -0.3 is 14.6 Å². The minimum Gasteiger partial charge on any atom is -0.367 e. The summed E-state index contributed by atoms with van der Waals surface area (Å²) >= 11 is 0. The van der Waals surface area contributed by atoms with E-state index in [1.165, 1.54) is 4.74 Å². The molecular formula is C16H14N2O4. The van der Waals surface area contributed by atoms with Crippen LogP contribution in [0.25, 0.3) is 0 Å². The molecule has 6 heteroatoms. The first-order chi connectivity index (χ1) is 10.7. The first-order valence-corrected chi connectivity index (χ1v) is 7.03. The summed E-state index contributed by atoms with van der Waals surface area (Å²) in [6, 6.07) is 9.52. The summed E-state index contributed by atoms with van der Waals surface area (Å²) in [6.07, 6.45) is 0. The van der Waals surface area contributed by atoms with Crippen LogP contribution in [0.15, 0.2) is 50.9 Å². The molecule has 2 aromatic rings. The Hall–Kier alpha value is -2.60.